The van der Waals surface area contributed by atoms with Crippen LogP contribution in [0.25, 0.3) is 49.9 Å². The molecule has 2 aromatic heterocycles. The topological polar surface area (TPSA) is 92.0 Å². The number of fused-ring (bicyclic) bond motifs is 7. The number of aromatic nitrogens is 3. The zero-order valence-electron chi connectivity index (χ0n) is 22.4. The molecule has 3 saturated heterocycles. The van der Waals surface area contributed by atoms with E-state index in [1.54, 1.807) is 6.07 Å². The molecular weight excluding hydrogens is 515 g/mol. The van der Waals surface area contributed by atoms with Crippen LogP contribution >= 0.6 is 0 Å². The Bertz CT molecular complexity index is 1980. The number of imidazole rings is 1. The van der Waals surface area contributed by atoms with E-state index in [0.29, 0.717) is 22.8 Å². The molecule has 0 aliphatic carbocycles. The lowest BCUT2D eigenvalue weighted by molar-refractivity contribution is 0.0969. The molecule has 0 spiro atoms. The van der Waals surface area contributed by atoms with Crippen molar-refractivity contribution < 1.29 is 9.18 Å². The second-order valence-electron chi connectivity index (χ2n) is 11.3. The van der Waals surface area contributed by atoms with Crippen LogP contribution in [0.1, 0.15) is 23.2 Å². The van der Waals surface area contributed by atoms with Crippen molar-refractivity contribution in [3.63, 3.8) is 0 Å². The Hall–Kier alpha value is -4.69. The van der Waals surface area contributed by atoms with Gasteiger partial charge >= 0.3 is 0 Å². The summed E-state index contributed by atoms with van der Waals surface area (Å²) in [5.41, 5.74) is 12.4. The Morgan fingerprint density at radius 3 is 2.61 bits per heavy atom. The van der Waals surface area contributed by atoms with Crippen LogP contribution in [0.4, 0.5) is 10.1 Å². The molecule has 9 rings (SSSR count). The number of amides is 1. The van der Waals surface area contributed by atoms with E-state index < -0.39 is 5.91 Å². The summed E-state index contributed by atoms with van der Waals surface area (Å²) >= 11 is 0. The van der Waals surface area contributed by atoms with Crippen LogP contribution in [0.3, 0.4) is 0 Å². The summed E-state index contributed by atoms with van der Waals surface area (Å²) in [6, 6.07) is 25.2. The number of carbonyl (C=O) groups excluding carboxylic acids is 1. The number of nitrogens with one attached hydrogen (secondary N) is 2. The number of anilines is 1. The average molecular weight is 545 g/mol. The van der Waals surface area contributed by atoms with Gasteiger partial charge in [-0.05, 0) is 74.3 Å². The maximum Gasteiger partial charge on any atom is 0.250 e. The van der Waals surface area contributed by atoms with Crippen molar-refractivity contribution in [2.75, 3.05) is 25.0 Å². The van der Waals surface area contributed by atoms with E-state index in [9.17, 15) is 9.18 Å². The molecule has 0 unspecified atom stereocenters. The van der Waals surface area contributed by atoms with E-state index in [1.807, 2.05) is 36.4 Å². The third-order valence-corrected chi connectivity index (χ3v) is 8.92. The van der Waals surface area contributed by atoms with Crippen molar-refractivity contribution >= 4 is 44.4 Å². The van der Waals surface area contributed by atoms with Gasteiger partial charge in [0.05, 0.1) is 27.6 Å². The van der Waals surface area contributed by atoms with Gasteiger partial charge in [0.2, 0.25) is 0 Å². The minimum atomic E-state index is -0.439. The van der Waals surface area contributed by atoms with Crippen LogP contribution in [-0.2, 0) is 0 Å². The van der Waals surface area contributed by atoms with Crippen LogP contribution in [0.15, 0.2) is 78.9 Å². The summed E-state index contributed by atoms with van der Waals surface area (Å²) in [6.45, 7) is 3.28. The molecule has 3 fully saturated rings. The van der Waals surface area contributed by atoms with Crippen LogP contribution in [0, 0.1) is 11.7 Å². The number of aromatic amines is 1. The van der Waals surface area contributed by atoms with Gasteiger partial charge in [0.1, 0.15) is 11.6 Å². The zero-order valence-corrected chi connectivity index (χ0v) is 22.4. The molecule has 5 heterocycles. The second kappa shape index (κ2) is 9.17. The number of nitrogens with two attached hydrogens (primary N) is 1. The molecular formula is C33H29FN6O. The first-order valence-electron chi connectivity index (χ1n) is 14.1. The highest BCUT2D eigenvalue weighted by atomic mass is 19.1. The molecule has 0 saturated carbocycles. The smallest absolute Gasteiger partial charge is 0.250 e. The number of carbonyl (C=O) groups is 1. The number of hydrogen-bond acceptors (Lipinski definition) is 4. The van der Waals surface area contributed by atoms with Crippen molar-refractivity contribution in [1.29, 1.82) is 0 Å². The average Bonchev–Trinajstić information content (AvgIpc) is 3.56. The van der Waals surface area contributed by atoms with Crippen LogP contribution < -0.4 is 11.1 Å². The molecule has 41 heavy (non-hydrogen) atoms. The van der Waals surface area contributed by atoms with Crippen LogP contribution in [0.2, 0.25) is 0 Å². The van der Waals surface area contributed by atoms with E-state index in [2.05, 4.69) is 44.0 Å². The molecule has 1 atom stereocenters. The fourth-order valence-electron chi connectivity index (χ4n) is 6.94. The standard InChI is InChI=1S/C33H29FN6O/c34-20-8-11-25-27(16-20)38-33(37-25)24-5-3-7-30-31(24)23-4-1-2-6-29(23)40(30)21-9-10-22(32(35)41)26(17-21)36-28-18-39-14-12-19(28)13-15-39/h1-11,16-17,19,28,36H,12-15,18H2,(H2,35,41)(H,37,38)/t28-/m1/s1. The van der Waals surface area contributed by atoms with Crippen molar-refractivity contribution in [3.8, 4) is 17.1 Å². The number of nitrogens with zero attached hydrogens (tertiary/aromatic N) is 3. The molecule has 4 aromatic carbocycles. The number of hydrogen-bond donors (Lipinski definition) is 3. The normalized spacial score (nSPS) is 20.3. The van der Waals surface area contributed by atoms with Gasteiger partial charge in [0, 0.05) is 46.4 Å². The largest absolute Gasteiger partial charge is 0.380 e. The molecule has 204 valence electrons. The van der Waals surface area contributed by atoms with E-state index in [1.165, 1.54) is 25.0 Å². The van der Waals surface area contributed by atoms with E-state index in [-0.39, 0.29) is 11.9 Å². The van der Waals surface area contributed by atoms with Crippen LogP contribution in [-0.4, -0.2) is 51.0 Å². The number of para-hydroxylation sites is 1. The SMILES string of the molecule is NC(=O)c1ccc(-n2c3ccccc3c3c(-c4nc5cc(F)ccc5[nH]4)cccc32)cc1N[C@@H]1CN2CCC1CC2. The van der Waals surface area contributed by atoms with Crippen molar-refractivity contribution in [2.24, 2.45) is 11.7 Å². The van der Waals surface area contributed by atoms with E-state index in [4.69, 9.17) is 10.7 Å². The van der Waals surface area contributed by atoms with Gasteiger partial charge in [-0.25, -0.2) is 9.37 Å². The predicted octanol–water partition coefficient (Wildman–Crippen LogP) is 6.07. The number of H-pyrrole nitrogens is 1. The summed E-state index contributed by atoms with van der Waals surface area (Å²) in [5.74, 6) is 0.531. The maximum atomic E-state index is 13.9. The Morgan fingerprint density at radius 1 is 0.976 bits per heavy atom. The first kappa shape index (κ1) is 24.1. The first-order chi connectivity index (χ1) is 20.0. The number of rotatable bonds is 5. The molecule has 2 bridgehead atoms. The molecule has 0 radical (unpaired) electrons. The summed E-state index contributed by atoms with van der Waals surface area (Å²) in [7, 11) is 0. The highest BCUT2D eigenvalue weighted by Crippen LogP contribution is 2.39. The molecule has 1 amide bonds. The molecule has 4 N–H and O–H groups in total. The Labute approximate surface area is 235 Å². The van der Waals surface area contributed by atoms with Crippen LogP contribution in [0.5, 0.6) is 0 Å². The quantitative estimate of drug-likeness (QED) is 0.246. The third-order valence-electron chi connectivity index (χ3n) is 8.92. The number of piperidine rings is 3. The molecule has 3 aliphatic heterocycles. The molecule has 3 aliphatic rings. The summed E-state index contributed by atoms with van der Waals surface area (Å²) in [6.07, 6.45) is 2.35. The van der Waals surface area contributed by atoms with Gasteiger partial charge in [-0.1, -0.05) is 30.3 Å². The minimum Gasteiger partial charge on any atom is -0.380 e. The van der Waals surface area contributed by atoms with Gasteiger partial charge in [-0.15, -0.1) is 0 Å². The minimum absolute atomic E-state index is 0.286. The summed E-state index contributed by atoms with van der Waals surface area (Å²) in [4.78, 5) is 23.1. The highest BCUT2D eigenvalue weighted by Gasteiger charge is 2.34. The number of primary amides is 1. The number of halogens is 1. The third kappa shape index (κ3) is 3.89. The van der Waals surface area contributed by atoms with Gasteiger partial charge in [0.15, 0.2) is 0 Å². The number of benzene rings is 4. The summed E-state index contributed by atoms with van der Waals surface area (Å²) in [5, 5.41) is 5.84. The molecule has 6 aromatic rings. The first-order valence-corrected chi connectivity index (χ1v) is 14.1. The lowest BCUT2D eigenvalue weighted by Gasteiger charge is -2.45. The monoisotopic (exact) mass is 544 g/mol. The maximum absolute atomic E-state index is 13.9. The van der Waals surface area contributed by atoms with Gasteiger partial charge in [0.25, 0.3) is 5.91 Å². The lowest BCUT2D eigenvalue weighted by atomic mass is 9.84. The zero-order chi connectivity index (χ0) is 27.7. The van der Waals surface area contributed by atoms with Crippen molar-refractivity contribution in [2.45, 2.75) is 18.9 Å². The predicted molar refractivity (Wildman–Crippen MR) is 161 cm³/mol. The fourth-order valence-corrected chi connectivity index (χ4v) is 6.94. The lowest BCUT2D eigenvalue weighted by Crippen LogP contribution is -2.53. The second-order valence-corrected chi connectivity index (χ2v) is 11.3. The van der Waals surface area contributed by atoms with Crippen molar-refractivity contribution in [3.05, 3.63) is 90.2 Å². The van der Waals surface area contributed by atoms with Gasteiger partial charge in [-0.3, -0.25) is 4.79 Å². The van der Waals surface area contributed by atoms with Gasteiger partial charge < -0.3 is 25.5 Å². The Morgan fingerprint density at radius 2 is 1.80 bits per heavy atom. The summed E-state index contributed by atoms with van der Waals surface area (Å²) < 4.78 is 16.1. The highest BCUT2D eigenvalue weighted by molar-refractivity contribution is 6.15. The van der Waals surface area contributed by atoms with Gasteiger partial charge in [-0.2, -0.15) is 0 Å². The Balaban J connectivity index is 1.31. The molecule has 7 nitrogen and oxygen atoms in total. The Kier molecular flexibility index (Phi) is 5.40. The van der Waals surface area contributed by atoms with E-state index >= 15 is 0 Å². The fraction of sp³-hybridized carbons (Fsp3) is 0.212. The van der Waals surface area contributed by atoms with E-state index in [0.717, 1.165) is 63.9 Å². The van der Waals surface area contributed by atoms with Crippen molar-refractivity contribution in [1.82, 2.24) is 19.4 Å². The molecule has 8 heteroatoms.